The Morgan fingerprint density at radius 3 is 2.32 bits per heavy atom. The van der Waals surface area contributed by atoms with E-state index in [1.165, 1.54) is 0 Å². The van der Waals surface area contributed by atoms with Crippen molar-refractivity contribution in [2.24, 2.45) is 0 Å². The lowest BCUT2D eigenvalue weighted by atomic mass is 9.99. The second-order valence-electron chi connectivity index (χ2n) is 6.80. The number of rotatable bonds is 6. The third-order valence-corrected chi connectivity index (χ3v) is 4.79. The van der Waals surface area contributed by atoms with E-state index in [1.54, 1.807) is 6.07 Å². The van der Waals surface area contributed by atoms with Gasteiger partial charge in [-0.1, -0.05) is 60.7 Å². The number of anilines is 1. The quantitative estimate of drug-likeness (QED) is 0.679. The molecule has 0 spiro atoms. The number of hydrogen-bond donors (Lipinski definition) is 2. The number of amides is 2. The molecule has 0 saturated heterocycles. The molecule has 4 nitrogen and oxygen atoms in total. The van der Waals surface area contributed by atoms with Gasteiger partial charge in [-0.05, 0) is 54.7 Å². The van der Waals surface area contributed by atoms with Crippen LogP contribution in [0.4, 0.5) is 5.69 Å². The molecule has 3 rings (SSSR count). The monoisotopic (exact) mass is 372 g/mol. The Balaban J connectivity index is 1.63. The SMILES string of the molecule is Cc1cccc(NC(=O)CNC(=O)c2ccccc2Cc2ccccc2)c1C. The Morgan fingerprint density at radius 2 is 1.54 bits per heavy atom. The summed E-state index contributed by atoms with van der Waals surface area (Å²) in [5.74, 6) is -0.495. The van der Waals surface area contributed by atoms with Gasteiger partial charge in [0, 0.05) is 11.3 Å². The van der Waals surface area contributed by atoms with E-state index in [9.17, 15) is 9.59 Å². The van der Waals surface area contributed by atoms with Gasteiger partial charge in [-0.2, -0.15) is 0 Å². The number of carbonyl (C=O) groups is 2. The molecule has 3 aromatic rings. The zero-order chi connectivity index (χ0) is 19.9. The number of aryl methyl sites for hydroxylation is 1. The van der Waals surface area contributed by atoms with E-state index in [1.807, 2.05) is 80.6 Å². The molecule has 3 aromatic carbocycles. The first-order valence-corrected chi connectivity index (χ1v) is 9.30. The molecule has 0 bridgehead atoms. The predicted octanol–water partition coefficient (Wildman–Crippen LogP) is 4.26. The van der Waals surface area contributed by atoms with Crippen LogP contribution in [0.15, 0.2) is 72.8 Å². The molecule has 0 heterocycles. The summed E-state index contributed by atoms with van der Waals surface area (Å²) in [4.78, 5) is 24.9. The van der Waals surface area contributed by atoms with Crippen LogP contribution >= 0.6 is 0 Å². The van der Waals surface area contributed by atoms with Gasteiger partial charge >= 0.3 is 0 Å². The highest BCUT2D eigenvalue weighted by atomic mass is 16.2. The summed E-state index contributed by atoms with van der Waals surface area (Å²) in [7, 11) is 0. The number of carbonyl (C=O) groups excluding carboxylic acids is 2. The molecule has 142 valence electrons. The highest BCUT2D eigenvalue weighted by molar-refractivity contribution is 6.00. The third-order valence-electron chi connectivity index (χ3n) is 4.79. The second-order valence-corrected chi connectivity index (χ2v) is 6.80. The summed E-state index contributed by atoms with van der Waals surface area (Å²) in [5.41, 5.74) is 5.55. The van der Waals surface area contributed by atoms with Crippen molar-refractivity contribution in [3.05, 3.63) is 101 Å². The number of hydrogen-bond acceptors (Lipinski definition) is 2. The lowest BCUT2D eigenvalue weighted by Gasteiger charge is -2.12. The zero-order valence-electron chi connectivity index (χ0n) is 16.2. The summed E-state index contributed by atoms with van der Waals surface area (Å²) in [6.07, 6.45) is 0.666. The highest BCUT2D eigenvalue weighted by Gasteiger charge is 2.13. The molecule has 0 unspecified atom stereocenters. The predicted molar refractivity (Wildman–Crippen MR) is 113 cm³/mol. The van der Waals surface area contributed by atoms with Gasteiger partial charge in [0.2, 0.25) is 5.91 Å². The molecule has 0 atom stereocenters. The van der Waals surface area contributed by atoms with E-state index >= 15 is 0 Å². The minimum Gasteiger partial charge on any atom is -0.343 e. The average Bonchev–Trinajstić information content (AvgIpc) is 2.71. The molecule has 28 heavy (non-hydrogen) atoms. The van der Waals surface area contributed by atoms with Gasteiger partial charge < -0.3 is 10.6 Å². The van der Waals surface area contributed by atoms with E-state index in [0.717, 1.165) is 27.9 Å². The minimum atomic E-state index is -0.248. The van der Waals surface area contributed by atoms with Crippen molar-refractivity contribution in [3.8, 4) is 0 Å². The molecule has 0 aliphatic heterocycles. The fourth-order valence-corrected chi connectivity index (χ4v) is 3.05. The van der Waals surface area contributed by atoms with Crippen molar-refractivity contribution in [2.45, 2.75) is 20.3 Å². The zero-order valence-corrected chi connectivity index (χ0v) is 16.2. The first kappa shape index (κ1) is 19.4. The Bertz CT molecular complexity index is 981. The van der Waals surface area contributed by atoms with E-state index < -0.39 is 0 Å². The Hall–Kier alpha value is -3.40. The Morgan fingerprint density at radius 1 is 0.821 bits per heavy atom. The summed E-state index contributed by atoms with van der Waals surface area (Å²) in [6.45, 7) is 3.88. The van der Waals surface area contributed by atoms with Crippen molar-refractivity contribution < 1.29 is 9.59 Å². The van der Waals surface area contributed by atoms with E-state index in [-0.39, 0.29) is 18.4 Å². The summed E-state index contributed by atoms with van der Waals surface area (Å²) in [5, 5.41) is 5.59. The van der Waals surface area contributed by atoms with Crippen LogP contribution in [0.1, 0.15) is 32.6 Å². The summed E-state index contributed by atoms with van der Waals surface area (Å²) < 4.78 is 0. The maximum Gasteiger partial charge on any atom is 0.252 e. The summed E-state index contributed by atoms with van der Waals surface area (Å²) >= 11 is 0. The van der Waals surface area contributed by atoms with E-state index in [0.29, 0.717) is 12.0 Å². The third kappa shape index (κ3) is 4.86. The maximum absolute atomic E-state index is 12.6. The van der Waals surface area contributed by atoms with Crippen LogP contribution in [0.25, 0.3) is 0 Å². The van der Waals surface area contributed by atoms with E-state index in [4.69, 9.17) is 0 Å². The summed E-state index contributed by atoms with van der Waals surface area (Å²) in [6, 6.07) is 23.2. The molecule has 0 saturated carbocycles. The van der Waals surface area contributed by atoms with Crippen molar-refractivity contribution >= 4 is 17.5 Å². The average molecular weight is 372 g/mol. The van der Waals surface area contributed by atoms with E-state index in [2.05, 4.69) is 10.6 Å². The Labute approximate surface area is 165 Å². The van der Waals surface area contributed by atoms with Crippen LogP contribution in [0.3, 0.4) is 0 Å². The van der Waals surface area contributed by atoms with Gasteiger partial charge in [-0.25, -0.2) is 0 Å². The lowest BCUT2D eigenvalue weighted by molar-refractivity contribution is -0.115. The molecule has 0 radical (unpaired) electrons. The van der Waals surface area contributed by atoms with Crippen molar-refractivity contribution in [1.82, 2.24) is 5.32 Å². The van der Waals surface area contributed by atoms with Gasteiger partial charge in [0.1, 0.15) is 0 Å². The van der Waals surface area contributed by atoms with Crippen LogP contribution in [-0.4, -0.2) is 18.4 Å². The Kier molecular flexibility index (Phi) is 6.22. The van der Waals surface area contributed by atoms with Gasteiger partial charge in [-0.3, -0.25) is 9.59 Å². The van der Waals surface area contributed by atoms with Crippen molar-refractivity contribution in [2.75, 3.05) is 11.9 Å². The van der Waals surface area contributed by atoms with Gasteiger partial charge in [0.25, 0.3) is 5.91 Å². The van der Waals surface area contributed by atoms with Crippen molar-refractivity contribution in [1.29, 1.82) is 0 Å². The fraction of sp³-hybridized carbons (Fsp3) is 0.167. The van der Waals surface area contributed by atoms with Crippen LogP contribution < -0.4 is 10.6 Å². The smallest absolute Gasteiger partial charge is 0.252 e. The number of nitrogens with one attached hydrogen (secondary N) is 2. The molecular weight excluding hydrogens is 348 g/mol. The van der Waals surface area contributed by atoms with Crippen LogP contribution in [-0.2, 0) is 11.2 Å². The maximum atomic E-state index is 12.6. The molecule has 0 aliphatic carbocycles. The van der Waals surface area contributed by atoms with Gasteiger partial charge in [0.15, 0.2) is 0 Å². The van der Waals surface area contributed by atoms with Crippen molar-refractivity contribution in [3.63, 3.8) is 0 Å². The largest absolute Gasteiger partial charge is 0.343 e. The van der Waals surface area contributed by atoms with Gasteiger partial charge in [0.05, 0.1) is 6.54 Å². The molecule has 2 amide bonds. The topological polar surface area (TPSA) is 58.2 Å². The molecule has 0 aromatic heterocycles. The van der Waals surface area contributed by atoms with Crippen LogP contribution in [0, 0.1) is 13.8 Å². The highest BCUT2D eigenvalue weighted by Crippen LogP contribution is 2.18. The molecule has 0 fully saturated rings. The van der Waals surface area contributed by atoms with Gasteiger partial charge in [-0.15, -0.1) is 0 Å². The first-order chi connectivity index (χ1) is 13.5. The van der Waals surface area contributed by atoms with Crippen LogP contribution in [0.5, 0.6) is 0 Å². The first-order valence-electron chi connectivity index (χ1n) is 9.30. The molecule has 4 heteroatoms. The fourth-order valence-electron chi connectivity index (χ4n) is 3.05. The molecule has 0 aliphatic rings. The van der Waals surface area contributed by atoms with Crippen LogP contribution in [0.2, 0.25) is 0 Å². The molecular formula is C24H24N2O2. The standard InChI is InChI=1S/C24H24N2O2/c1-17-9-8-14-22(18(17)2)26-23(27)16-25-24(28)21-13-7-6-12-20(21)15-19-10-4-3-5-11-19/h3-14H,15-16H2,1-2H3,(H,25,28)(H,26,27). The number of benzene rings is 3. The normalized spacial score (nSPS) is 10.4. The molecule has 2 N–H and O–H groups in total. The minimum absolute atomic E-state index is 0.0775. The lowest BCUT2D eigenvalue weighted by Crippen LogP contribution is -2.33. The second kappa shape index (κ2) is 9.00.